The lowest BCUT2D eigenvalue weighted by molar-refractivity contribution is -0.118. The molecule has 0 unspecified atom stereocenters. The molecule has 0 aliphatic rings. The summed E-state index contributed by atoms with van der Waals surface area (Å²) in [7, 11) is 0. The minimum absolute atomic E-state index is 0. The van der Waals surface area contributed by atoms with Gasteiger partial charge in [0.05, 0.1) is 0 Å². The van der Waals surface area contributed by atoms with Crippen molar-refractivity contribution in [3.63, 3.8) is 0 Å². The van der Waals surface area contributed by atoms with Crippen LogP contribution in [-0.2, 0) is 17.6 Å². The Morgan fingerprint density at radius 3 is 2.24 bits per heavy atom. The SMILES string of the molecule is C.CC.CCCCCC(=O)Cc1ccc(Cc2nc3cc(-c4ccccc4)ccc3o2)cc1. The van der Waals surface area contributed by atoms with Crippen LogP contribution in [0.4, 0.5) is 0 Å². The molecule has 0 spiro atoms. The Hall–Kier alpha value is -3.20. The Balaban J connectivity index is 0.00000125. The molecule has 0 N–H and O–H groups in total. The first-order chi connectivity index (χ1) is 15.7. The number of benzene rings is 3. The van der Waals surface area contributed by atoms with Gasteiger partial charge in [-0.15, -0.1) is 0 Å². The molecule has 4 rings (SSSR count). The van der Waals surface area contributed by atoms with Crippen LogP contribution in [0.2, 0.25) is 0 Å². The fourth-order valence-corrected chi connectivity index (χ4v) is 3.70. The fraction of sp³-hybridized carbons (Fsp3) is 0.333. The van der Waals surface area contributed by atoms with Crippen molar-refractivity contribution >= 4 is 16.9 Å². The van der Waals surface area contributed by atoms with Gasteiger partial charge in [-0.25, -0.2) is 4.98 Å². The molecule has 1 aromatic heterocycles. The molecule has 0 saturated carbocycles. The van der Waals surface area contributed by atoms with Crippen molar-refractivity contribution in [2.24, 2.45) is 0 Å². The molecule has 0 aliphatic heterocycles. The number of rotatable bonds is 9. The van der Waals surface area contributed by atoms with Crippen LogP contribution in [0.5, 0.6) is 0 Å². The minimum Gasteiger partial charge on any atom is -0.440 e. The van der Waals surface area contributed by atoms with Crippen molar-refractivity contribution in [1.82, 2.24) is 4.98 Å². The number of Topliss-reactive ketones (excluding diaryl/α,β-unsaturated/α-hetero) is 1. The first kappa shape index (κ1) is 26.1. The highest BCUT2D eigenvalue weighted by Crippen LogP contribution is 2.25. The third-order valence-electron chi connectivity index (χ3n) is 5.38. The predicted octanol–water partition coefficient (Wildman–Crippen LogP) is 8.44. The number of nitrogens with zero attached hydrogens (tertiary/aromatic N) is 1. The maximum absolute atomic E-state index is 12.1. The van der Waals surface area contributed by atoms with E-state index in [-0.39, 0.29) is 7.43 Å². The van der Waals surface area contributed by atoms with Crippen LogP contribution in [0.3, 0.4) is 0 Å². The first-order valence-corrected chi connectivity index (χ1v) is 11.8. The van der Waals surface area contributed by atoms with Crippen molar-refractivity contribution < 1.29 is 9.21 Å². The summed E-state index contributed by atoms with van der Waals surface area (Å²) in [5.41, 5.74) is 6.19. The topological polar surface area (TPSA) is 43.1 Å². The summed E-state index contributed by atoms with van der Waals surface area (Å²) in [5.74, 6) is 1.03. The van der Waals surface area contributed by atoms with Crippen molar-refractivity contribution in [2.45, 2.75) is 66.7 Å². The molecule has 3 aromatic carbocycles. The lowest BCUT2D eigenvalue weighted by atomic mass is 10.0. The summed E-state index contributed by atoms with van der Waals surface area (Å²) >= 11 is 0. The number of oxazole rings is 1. The van der Waals surface area contributed by atoms with Gasteiger partial charge in [-0.2, -0.15) is 0 Å². The monoisotopic (exact) mass is 443 g/mol. The number of hydrogen-bond donors (Lipinski definition) is 0. The van der Waals surface area contributed by atoms with Gasteiger partial charge in [-0.05, 0) is 40.8 Å². The highest BCUT2D eigenvalue weighted by Gasteiger charge is 2.09. The molecule has 0 aliphatic carbocycles. The summed E-state index contributed by atoms with van der Waals surface area (Å²) in [4.78, 5) is 16.8. The Labute approximate surface area is 198 Å². The molecule has 3 nitrogen and oxygen atoms in total. The van der Waals surface area contributed by atoms with E-state index in [2.05, 4.69) is 48.3 Å². The van der Waals surface area contributed by atoms with E-state index in [9.17, 15) is 4.79 Å². The number of carbonyl (C=O) groups is 1. The summed E-state index contributed by atoms with van der Waals surface area (Å²) < 4.78 is 5.95. The van der Waals surface area contributed by atoms with Gasteiger partial charge in [0.15, 0.2) is 11.5 Å². The molecule has 4 aromatic rings. The van der Waals surface area contributed by atoms with Gasteiger partial charge in [-0.3, -0.25) is 4.79 Å². The van der Waals surface area contributed by atoms with E-state index in [1.165, 1.54) is 5.56 Å². The van der Waals surface area contributed by atoms with Crippen molar-refractivity contribution in [1.29, 1.82) is 0 Å². The number of aromatic nitrogens is 1. The highest BCUT2D eigenvalue weighted by molar-refractivity contribution is 5.81. The van der Waals surface area contributed by atoms with E-state index in [4.69, 9.17) is 4.42 Å². The second-order valence-electron chi connectivity index (χ2n) is 7.82. The van der Waals surface area contributed by atoms with E-state index < -0.39 is 0 Å². The number of carbonyl (C=O) groups excluding carboxylic acids is 1. The van der Waals surface area contributed by atoms with Crippen LogP contribution in [-0.4, -0.2) is 10.8 Å². The summed E-state index contributed by atoms with van der Waals surface area (Å²) in [5, 5.41) is 0. The molecule has 1 heterocycles. The van der Waals surface area contributed by atoms with Crippen molar-refractivity contribution in [2.75, 3.05) is 0 Å². The van der Waals surface area contributed by atoms with Crippen molar-refractivity contribution in [3.05, 3.63) is 89.8 Å². The second-order valence-corrected chi connectivity index (χ2v) is 7.82. The van der Waals surface area contributed by atoms with Gasteiger partial charge < -0.3 is 4.42 Å². The van der Waals surface area contributed by atoms with E-state index in [0.29, 0.717) is 30.9 Å². The van der Waals surface area contributed by atoms with Crippen LogP contribution >= 0.6 is 0 Å². The lowest BCUT2D eigenvalue weighted by Crippen LogP contribution is -2.02. The molecule has 33 heavy (non-hydrogen) atoms. The van der Waals surface area contributed by atoms with E-state index in [0.717, 1.165) is 47.1 Å². The molecular weight excluding hydrogens is 406 g/mol. The molecule has 3 heteroatoms. The van der Waals surface area contributed by atoms with Gasteiger partial charge in [0.25, 0.3) is 0 Å². The number of hydrogen-bond acceptors (Lipinski definition) is 3. The summed E-state index contributed by atoms with van der Waals surface area (Å²) in [6.07, 6.45) is 5.11. The van der Waals surface area contributed by atoms with E-state index in [1.54, 1.807) is 0 Å². The Bertz CT molecular complexity index is 1110. The molecule has 174 valence electrons. The molecular formula is C30H37NO2. The zero-order chi connectivity index (χ0) is 22.8. The van der Waals surface area contributed by atoms with Gasteiger partial charge in [0.1, 0.15) is 11.3 Å². The highest BCUT2D eigenvalue weighted by atomic mass is 16.3. The normalized spacial score (nSPS) is 10.3. The Morgan fingerprint density at radius 2 is 1.55 bits per heavy atom. The van der Waals surface area contributed by atoms with Crippen LogP contribution in [0.15, 0.2) is 77.2 Å². The zero-order valence-corrected chi connectivity index (χ0v) is 19.4. The maximum atomic E-state index is 12.1. The third-order valence-corrected chi connectivity index (χ3v) is 5.38. The van der Waals surface area contributed by atoms with Crippen molar-refractivity contribution in [3.8, 4) is 11.1 Å². The Kier molecular flexibility index (Phi) is 10.6. The lowest BCUT2D eigenvalue weighted by Gasteiger charge is -2.03. The molecule has 0 fully saturated rings. The van der Waals surface area contributed by atoms with Gasteiger partial charge >= 0.3 is 0 Å². The average Bonchev–Trinajstić information content (AvgIpc) is 3.24. The molecule has 0 saturated heterocycles. The van der Waals surface area contributed by atoms with Gasteiger partial charge in [0.2, 0.25) is 0 Å². The third kappa shape index (κ3) is 7.42. The van der Waals surface area contributed by atoms with E-state index >= 15 is 0 Å². The van der Waals surface area contributed by atoms with Crippen LogP contribution < -0.4 is 0 Å². The predicted molar refractivity (Wildman–Crippen MR) is 140 cm³/mol. The van der Waals surface area contributed by atoms with E-state index in [1.807, 2.05) is 50.2 Å². The number of ketones is 1. The molecule has 0 atom stereocenters. The van der Waals surface area contributed by atoms with Gasteiger partial charge in [-0.1, -0.05) is 102 Å². The largest absolute Gasteiger partial charge is 0.440 e. The van der Waals surface area contributed by atoms with Crippen LogP contribution in [0.1, 0.15) is 70.9 Å². The molecule has 0 bridgehead atoms. The fourth-order valence-electron chi connectivity index (χ4n) is 3.70. The first-order valence-electron chi connectivity index (χ1n) is 11.8. The number of fused-ring (bicyclic) bond motifs is 1. The molecule has 0 amide bonds. The maximum Gasteiger partial charge on any atom is 0.199 e. The van der Waals surface area contributed by atoms with Crippen LogP contribution in [0.25, 0.3) is 22.2 Å². The standard InChI is InChI=1S/C27H27NO2.C2H6.CH4/c1-2-3-5-10-24(29)17-20-11-13-21(14-12-20)18-27-28-25-19-23(15-16-26(25)30-27)22-8-6-4-7-9-22;1-2;/h4,6-9,11-16,19H,2-3,5,10,17-18H2,1H3;1-2H3;1H4. The smallest absolute Gasteiger partial charge is 0.199 e. The average molecular weight is 444 g/mol. The molecule has 0 radical (unpaired) electrons. The number of unbranched alkanes of at least 4 members (excludes halogenated alkanes) is 2. The van der Waals surface area contributed by atoms with Gasteiger partial charge in [0, 0.05) is 19.3 Å². The van der Waals surface area contributed by atoms with Crippen LogP contribution in [0, 0.1) is 0 Å². The minimum atomic E-state index is 0. The zero-order valence-electron chi connectivity index (χ0n) is 19.4. The summed E-state index contributed by atoms with van der Waals surface area (Å²) in [6.45, 7) is 6.16. The summed E-state index contributed by atoms with van der Waals surface area (Å²) in [6, 6.07) is 24.6. The quantitative estimate of drug-likeness (QED) is 0.244. The second kappa shape index (κ2) is 13.4. The Morgan fingerprint density at radius 1 is 0.848 bits per heavy atom.